The standard InChI is InChI=1S/C14H18F2N2O3/c1-7(2)9(13(19)20)6-17-14(21)18-12-10(15)5-4-8(3)11(12)16/h4-5,7,9H,6H2,1-3H3,(H,19,20)(H2,17,18,21). The van der Waals surface area contributed by atoms with Crippen LogP contribution in [0.5, 0.6) is 0 Å². The summed E-state index contributed by atoms with van der Waals surface area (Å²) in [5.74, 6) is -3.76. The number of carbonyl (C=O) groups is 2. The molecule has 2 amide bonds. The Kier molecular flexibility index (Phi) is 5.63. The molecule has 1 aromatic carbocycles. The van der Waals surface area contributed by atoms with Gasteiger partial charge in [0.05, 0.1) is 5.92 Å². The Morgan fingerprint density at radius 3 is 2.43 bits per heavy atom. The van der Waals surface area contributed by atoms with E-state index < -0.39 is 35.2 Å². The number of halogens is 2. The Balaban J connectivity index is 2.71. The van der Waals surface area contributed by atoms with Crippen molar-refractivity contribution in [2.45, 2.75) is 20.8 Å². The first-order valence-electron chi connectivity index (χ1n) is 6.46. The number of carboxylic acid groups (broad SMARTS) is 1. The van der Waals surface area contributed by atoms with Gasteiger partial charge in [-0.3, -0.25) is 4.79 Å². The van der Waals surface area contributed by atoms with Gasteiger partial charge in [0, 0.05) is 6.54 Å². The Hall–Kier alpha value is -2.18. The number of aliphatic carboxylic acids is 1. The van der Waals surface area contributed by atoms with Crippen LogP contribution in [0.25, 0.3) is 0 Å². The second kappa shape index (κ2) is 7.01. The van der Waals surface area contributed by atoms with Crippen LogP contribution in [0.2, 0.25) is 0 Å². The lowest BCUT2D eigenvalue weighted by molar-refractivity contribution is -0.142. The van der Waals surface area contributed by atoms with E-state index in [-0.39, 0.29) is 18.0 Å². The fraction of sp³-hybridized carbons (Fsp3) is 0.429. The summed E-state index contributed by atoms with van der Waals surface area (Å²) in [5.41, 5.74) is -0.360. The van der Waals surface area contributed by atoms with Gasteiger partial charge in [-0.15, -0.1) is 0 Å². The maximum Gasteiger partial charge on any atom is 0.319 e. The first kappa shape index (κ1) is 16.9. The molecule has 5 nitrogen and oxygen atoms in total. The first-order valence-corrected chi connectivity index (χ1v) is 6.46. The van der Waals surface area contributed by atoms with Crippen LogP contribution < -0.4 is 10.6 Å². The Morgan fingerprint density at radius 1 is 1.29 bits per heavy atom. The van der Waals surface area contributed by atoms with Gasteiger partial charge in [0.15, 0.2) is 5.82 Å². The van der Waals surface area contributed by atoms with E-state index in [2.05, 4.69) is 10.6 Å². The number of rotatable bonds is 5. The van der Waals surface area contributed by atoms with Gasteiger partial charge in [0.1, 0.15) is 11.5 Å². The summed E-state index contributed by atoms with van der Waals surface area (Å²) in [6.45, 7) is 4.72. The largest absolute Gasteiger partial charge is 0.481 e. The number of amides is 2. The van der Waals surface area contributed by atoms with Crippen LogP contribution in [0.4, 0.5) is 19.3 Å². The molecule has 1 unspecified atom stereocenters. The summed E-state index contributed by atoms with van der Waals surface area (Å²) >= 11 is 0. The van der Waals surface area contributed by atoms with Crippen molar-refractivity contribution in [2.75, 3.05) is 11.9 Å². The normalized spacial score (nSPS) is 12.1. The number of urea groups is 1. The zero-order valence-corrected chi connectivity index (χ0v) is 12.0. The molecule has 0 bridgehead atoms. The van der Waals surface area contributed by atoms with Gasteiger partial charge in [-0.1, -0.05) is 19.9 Å². The van der Waals surface area contributed by atoms with Gasteiger partial charge >= 0.3 is 12.0 Å². The van der Waals surface area contributed by atoms with Crippen LogP contribution in [-0.4, -0.2) is 23.7 Å². The van der Waals surface area contributed by atoms with Crippen molar-refractivity contribution in [2.24, 2.45) is 11.8 Å². The molecule has 0 aliphatic carbocycles. The molecule has 0 heterocycles. The highest BCUT2D eigenvalue weighted by atomic mass is 19.1. The van der Waals surface area contributed by atoms with Crippen molar-refractivity contribution in [3.05, 3.63) is 29.3 Å². The van der Waals surface area contributed by atoms with Crippen LogP contribution in [-0.2, 0) is 4.79 Å². The summed E-state index contributed by atoms with van der Waals surface area (Å²) in [6.07, 6.45) is 0. The summed E-state index contributed by atoms with van der Waals surface area (Å²) in [4.78, 5) is 22.6. The Morgan fingerprint density at radius 2 is 1.90 bits per heavy atom. The van der Waals surface area contributed by atoms with Crippen molar-refractivity contribution >= 4 is 17.7 Å². The summed E-state index contributed by atoms with van der Waals surface area (Å²) in [6, 6.07) is 1.44. The molecule has 0 aliphatic heterocycles. The van der Waals surface area contributed by atoms with Crippen LogP contribution in [0.3, 0.4) is 0 Å². The highest BCUT2D eigenvalue weighted by Gasteiger charge is 2.22. The molecular weight excluding hydrogens is 282 g/mol. The van der Waals surface area contributed by atoms with E-state index in [9.17, 15) is 18.4 Å². The topological polar surface area (TPSA) is 78.4 Å². The molecule has 0 saturated carbocycles. The molecule has 7 heteroatoms. The molecule has 0 saturated heterocycles. The summed E-state index contributed by atoms with van der Waals surface area (Å²) in [7, 11) is 0. The van der Waals surface area contributed by atoms with E-state index in [1.54, 1.807) is 13.8 Å². The average Bonchev–Trinajstić information content (AvgIpc) is 2.38. The minimum absolute atomic E-state index is 0.131. The summed E-state index contributed by atoms with van der Waals surface area (Å²) < 4.78 is 27.2. The van der Waals surface area contributed by atoms with E-state index in [0.717, 1.165) is 6.07 Å². The van der Waals surface area contributed by atoms with Crippen LogP contribution >= 0.6 is 0 Å². The number of carbonyl (C=O) groups excluding carboxylic acids is 1. The third-order valence-electron chi connectivity index (χ3n) is 3.13. The molecule has 21 heavy (non-hydrogen) atoms. The SMILES string of the molecule is Cc1ccc(F)c(NC(=O)NCC(C(=O)O)C(C)C)c1F. The molecular formula is C14H18F2N2O3. The molecule has 0 aliphatic rings. The predicted molar refractivity (Wildman–Crippen MR) is 74.1 cm³/mol. The molecule has 1 atom stereocenters. The van der Waals surface area contributed by atoms with Gasteiger partial charge in [0.2, 0.25) is 0 Å². The van der Waals surface area contributed by atoms with Crippen LogP contribution in [0.15, 0.2) is 12.1 Å². The maximum atomic E-state index is 13.7. The predicted octanol–water partition coefficient (Wildman–Crippen LogP) is 2.75. The van der Waals surface area contributed by atoms with Gasteiger partial charge < -0.3 is 15.7 Å². The Bertz CT molecular complexity index is 547. The highest BCUT2D eigenvalue weighted by Crippen LogP contribution is 2.21. The van der Waals surface area contributed by atoms with E-state index >= 15 is 0 Å². The molecule has 0 radical (unpaired) electrons. The number of anilines is 1. The smallest absolute Gasteiger partial charge is 0.319 e. The second-order valence-corrected chi connectivity index (χ2v) is 5.08. The van der Waals surface area contributed by atoms with Crippen molar-refractivity contribution < 1.29 is 23.5 Å². The van der Waals surface area contributed by atoms with Gasteiger partial charge in [-0.25, -0.2) is 13.6 Å². The third-order valence-corrected chi connectivity index (χ3v) is 3.13. The van der Waals surface area contributed by atoms with Gasteiger partial charge in [-0.05, 0) is 24.5 Å². The molecule has 3 N–H and O–H groups in total. The van der Waals surface area contributed by atoms with Crippen molar-refractivity contribution in [3.8, 4) is 0 Å². The van der Waals surface area contributed by atoms with E-state index in [1.165, 1.54) is 13.0 Å². The first-order chi connectivity index (χ1) is 9.73. The quantitative estimate of drug-likeness (QED) is 0.782. The van der Waals surface area contributed by atoms with E-state index in [4.69, 9.17) is 5.11 Å². The minimum atomic E-state index is -1.04. The van der Waals surface area contributed by atoms with Crippen LogP contribution in [0, 0.1) is 30.4 Å². The lowest BCUT2D eigenvalue weighted by atomic mass is 9.96. The Labute approximate surface area is 121 Å². The molecule has 1 rings (SSSR count). The monoisotopic (exact) mass is 300 g/mol. The lowest BCUT2D eigenvalue weighted by Crippen LogP contribution is -2.38. The van der Waals surface area contributed by atoms with Gasteiger partial charge in [0.25, 0.3) is 0 Å². The maximum absolute atomic E-state index is 13.7. The number of benzene rings is 1. The molecule has 0 fully saturated rings. The second-order valence-electron chi connectivity index (χ2n) is 5.08. The molecule has 0 aromatic heterocycles. The summed E-state index contributed by atoms with van der Waals surface area (Å²) in [5, 5.41) is 13.3. The minimum Gasteiger partial charge on any atom is -0.481 e. The fourth-order valence-electron chi connectivity index (χ4n) is 1.74. The molecule has 1 aromatic rings. The number of hydrogen-bond acceptors (Lipinski definition) is 2. The number of hydrogen-bond donors (Lipinski definition) is 3. The van der Waals surface area contributed by atoms with E-state index in [1.807, 2.05) is 0 Å². The van der Waals surface area contributed by atoms with Crippen molar-refractivity contribution in [1.29, 1.82) is 0 Å². The van der Waals surface area contributed by atoms with Crippen molar-refractivity contribution in [1.82, 2.24) is 5.32 Å². The molecule has 116 valence electrons. The lowest BCUT2D eigenvalue weighted by Gasteiger charge is -2.17. The number of carboxylic acids is 1. The van der Waals surface area contributed by atoms with E-state index in [0.29, 0.717) is 0 Å². The number of nitrogens with one attached hydrogen (secondary N) is 2. The fourth-order valence-corrected chi connectivity index (χ4v) is 1.74. The number of aryl methyl sites for hydroxylation is 1. The van der Waals surface area contributed by atoms with Gasteiger partial charge in [-0.2, -0.15) is 0 Å². The highest BCUT2D eigenvalue weighted by molar-refractivity contribution is 5.90. The van der Waals surface area contributed by atoms with Crippen LogP contribution in [0.1, 0.15) is 19.4 Å². The average molecular weight is 300 g/mol. The zero-order valence-electron chi connectivity index (χ0n) is 12.0. The third kappa shape index (κ3) is 4.40. The zero-order chi connectivity index (χ0) is 16.2. The van der Waals surface area contributed by atoms with Crippen molar-refractivity contribution in [3.63, 3.8) is 0 Å². The molecule has 0 spiro atoms.